The van der Waals surface area contributed by atoms with E-state index in [2.05, 4.69) is 21.2 Å². The summed E-state index contributed by atoms with van der Waals surface area (Å²) >= 11 is 3.47. The molecule has 1 fully saturated rings. The molecule has 1 aliphatic carbocycles. The number of aryl methyl sites for hydroxylation is 1. The number of benzene rings is 1. The molecule has 0 aliphatic heterocycles. The van der Waals surface area contributed by atoms with Gasteiger partial charge in [0.1, 0.15) is 0 Å². The maximum absolute atomic E-state index is 11.9. The van der Waals surface area contributed by atoms with Crippen LogP contribution in [0.25, 0.3) is 0 Å². The molecule has 0 aromatic heterocycles. The molecule has 0 radical (unpaired) electrons. The molecule has 0 bridgehead atoms. The normalized spacial score (nSPS) is 16.6. The Labute approximate surface area is 111 Å². The smallest absolute Gasteiger partial charge is 0.251 e. The van der Waals surface area contributed by atoms with Gasteiger partial charge in [-0.3, -0.25) is 4.79 Å². The van der Waals surface area contributed by atoms with E-state index in [9.17, 15) is 4.79 Å². The maximum Gasteiger partial charge on any atom is 0.251 e. The third-order valence-corrected chi connectivity index (χ3v) is 3.92. The van der Waals surface area contributed by atoms with E-state index in [0.717, 1.165) is 23.9 Å². The summed E-state index contributed by atoms with van der Waals surface area (Å²) in [5, 5.41) is 4.07. The van der Waals surface area contributed by atoms with Crippen LogP contribution in [0.5, 0.6) is 0 Å². The first-order valence-corrected chi connectivity index (χ1v) is 7.18. The van der Waals surface area contributed by atoms with E-state index in [-0.39, 0.29) is 5.91 Å². The lowest BCUT2D eigenvalue weighted by molar-refractivity contribution is 0.0944. The number of carbonyl (C=O) groups is 1. The Morgan fingerprint density at radius 1 is 1.35 bits per heavy atom. The third-order valence-electron chi connectivity index (χ3n) is 3.52. The highest BCUT2D eigenvalue weighted by atomic mass is 79.9. The minimum atomic E-state index is 0.0471. The fourth-order valence-electron chi connectivity index (χ4n) is 1.97. The second-order valence-electron chi connectivity index (χ2n) is 4.99. The largest absolute Gasteiger partial charge is 0.351 e. The van der Waals surface area contributed by atoms with E-state index in [1.165, 1.54) is 18.4 Å². The molecular formula is C14H18BrNO. The van der Waals surface area contributed by atoms with Crippen LogP contribution in [0.1, 0.15) is 35.2 Å². The fraction of sp³-hybridized carbons (Fsp3) is 0.500. The van der Waals surface area contributed by atoms with Gasteiger partial charge in [-0.25, -0.2) is 0 Å². The first-order valence-electron chi connectivity index (χ1n) is 6.06. The predicted molar refractivity (Wildman–Crippen MR) is 73.6 cm³/mol. The van der Waals surface area contributed by atoms with Crippen molar-refractivity contribution in [2.24, 2.45) is 5.41 Å². The SMILES string of the molecule is Cc1ccc(C(=O)NCC2(CCBr)CC2)cc1. The van der Waals surface area contributed by atoms with Crippen LogP contribution in [0.3, 0.4) is 0 Å². The van der Waals surface area contributed by atoms with Crippen LogP contribution in [0.4, 0.5) is 0 Å². The molecule has 1 aromatic rings. The zero-order chi connectivity index (χ0) is 12.3. The second kappa shape index (κ2) is 5.21. The van der Waals surface area contributed by atoms with Crippen molar-refractivity contribution in [2.45, 2.75) is 26.2 Å². The highest BCUT2D eigenvalue weighted by molar-refractivity contribution is 9.09. The van der Waals surface area contributed by atoms with Crippen molar-refractivity contribution in [3.63, 3.8) is 0 Å². The monoisotopic (exact) mass is 295 g/mol. The summed E-state index contributed by atoms with van der Waals surface area (Å²) in [4.78, 5) is 11.9. The van der Waals surface area contributed by atoms with E-state index in [1.807, 2.05) is 31.2 Å². The van der Waals surface area contributed by atoms with E-state index >= 15 is 0 Å². The van der Waals surface area contributed by atoms with Crippen molar-refractivity contribution in [2.75, 3.05) is 11.9 Å². The molecule has 2 rings (SSSR count). The highest BCUT2D eigenvalue weighted by Gasteiger charge is 2.41. The molecule has 0 unspecified atom stereocenters. The number of rotatable bonds is 5. The van der Waals surface area contributed by atoms with Gasteiger partial charge >= 0.3 is 0 Å². The van der Waals surface area contributed by atoms with E-state index in [4.69, 9.17) is 0 Å². The average Bonchev–Trinajstić information content (AvgIpc) is 3.08. The third kappa shape index (κ3) is 3.32. The summed E-state index contributed by atoms with van der Waals surface area (Å²) in [5.41, 5.74) is 2.31. The number of nitrogens with one attached hydrogen (secondary N) is 1. The topological polar surface area (TPSA) is 29.1 Å². The highest BCUT2D eigenvalue weighted by Crippen LogP contribution is 2.48. The molecule has 0 spiro atoms. The zero-order valence-electron chi connectivity index (χ0n) is 10.1. The molecule has 3 heteroatoms. The standard InChI is InChI=1S/C14H18BrNO/c1-11-2-4-12(5-3-11)13(17)16-10-14(6-7-14)8-9-15/h2-5H,6-10H2,1H3,(H,16,17). The van der Waals surface area contributed by atoms with Gasteiger partial charge in [0.2, 0.25) is 0 Å². The van der Waals surface area contributed by atoms with Crippen LogP contribution >= 0.6 is 15.9 Å². The van der Waals surface area contributed by atoms with Gasteiger partial charge in [-0.05, 0) is 43.7 Å². The van der Waals surface area contributed by atoms with Gasteiger partial charge in [0.25, 0.3) is 5.91 Å². The first kappa shape index (κ1) is 12.6. The van der Waals surface area contributed by atoms with Gasteiger partial charge in [0.05, 0.1) is 0 Å². The van der Waals surface area contributed by atoms with Crippen LogP contribution in [-0.2, 0) is 0 Å². The Balaban J connectivity index is 1.87. The minimum Gasteiger partial charge on any atom is -0.351 e. The van der Waals surface area contributed by atoms with Crippen molar-refractivity contribution in [3.8, 4) is 0 Å². The quantitative estimate of drug-likeness (QED) is 0.830. The summed E-state index contributed by atoms with van der Waals surface area (Å²) in [5.74, 6) is 0.0471. The molecule has 0 heterocycles. The number of halogens is 1. The summed E-state index contributed by atoms with van der Waals surface area (Å²) in [6, 6.07) is 7.71. The Morgan fingerprint density at radius 2 is 2.00 bits per heavy atom. The lowest BCUT2D eigenvalue weighted by Gasteiger charge is -2.14. The van der Waals surface area contributed by atoms with Gasteiger partial charge in [-0.15, -0.1) is 0 Å². The molecule has 1 amide bonds. The van der Waals surface area contributed by atoms with Crippen molar-refractivity contribution in [3.05, 3.63) is 35.4 Å². The van der Waals surface area contributed by atoms with Crippen molar-refractivity contribution in [1.82, 2.24) is 5.32 Å². The molecular weight excluding hydrogens is 278 g/mol. The van der Waals surface area contributed by atoms with Crippen molar-refractivity contribution in [1.29, 1.82) is 0 Å². The number of carbonyl (C=O) groups excluding carboxylic acids is 1. The van der Waals surface area contributed by atoms with Crippen molar-refractivity contribution >= 4 is 21.8 Å². The molecule has 0 saturated heterocycles. The van der Waals surface area contributed by atoms with E-state index in [1.54, 1.807) is 0 Å². The summed E-state index contributed by atoms with van der Waals surface area (Å²) < 4.78 is 0. The maximum atomic E-state index is 11.9. The molecule has 92 valence electrons. The minimum absolute atomic E-state index is 0.0471. The summed E-state index contributed by atoms with van der Waals surface area (Å²) in [7, 11) is 0. The second-order valence-corrected chi connectivity index (χ2v) is 5.78. The number of amides is 1. The van der Waals surface area contributed by atoms with Crippen LogP contribution in [0.2, 0.25) is 0 Å². The van der Waals surface area contributed by atoms with Gasteiger partial charge in [0.15, 0.2) is 0 Å². The zero-order valence-corrected chi connectivity index (χ0v) is 11.7. The van der Waals surface area contributed by atoms with Gasteiger partial charge in [-0.1, -0.05) is 33.6 Å². The lowest BCUT2D eigenvalue weighted by Crippen LogP contribution is -2.30. The molecule has 0 atom stereocenters. The van der Waals surface area contributed by atoms with Crippen LogP contribution in [0.15, 0.2) is 24.3 Å². The molecule has 1 N–H and O–H groups in total. The number of alkyl halides is 1. The molecule has 17 heavy (non-hydrogen) atoms. The first-order chi connectivity index (χ1) is 8.15. The van der Waals surface area contributed by atoms with Gasteiger partial charge in [0, 0.05) is 17.4 Å². The van der Waals surface area contributed by atoms with E-state index < -0.39 is 0 Å². The average molecular weight is 296 g/mol. The van der Waals surface area contributed by atoms with Crippen molar-refractivity contribution < 1.29 is 4.79 Å². The summed E-state index contributed by atoms with van der Waals surface area (Å²) in [6.07, 6.45) is 3.64. The van der Waals surface area contributed by atoms with Crippen LogP contribution < -0.4 is 5.32 Å². The Bertz CT molecular complexity index is 395. The van der Waals surface area contributed by atoms with Gasteiger partial charge in [-0.2, -0.15) is 0 Å². The van der Waals surface area contributed by atoms with Gasteiger partial charge < -0.3 is 5.32 Å². The molecule has 2 nitrogen and oxygen atoms in total. The van der Waals surface area contributed by atoms with E-state index in [0.29, 0.717) is 5.41 Å². The summed E-state index contributed by atoms with van der Waals surface area (Å²) in [6.45, 7) is 2.84. The molecule has 1 aromatic carbocycles. The Kier molecular flexibility index (Phi) is 3.87. The van der Waals surface area contributed by atoms with Crippen LogP contribution in [-0.4, -0.2) is 17.8 Å². The Morgan fingerprint density at radius 3 is 2.53 bits per heavy atom. The number of hydrogen-bond acceptors (Lipinski definition) is 1. The molecule has 1 saturated carbocycles. The Hall–Kier alpha value is -0.830. The predicted octanol–water partition coefficient (Wildman–Crippen LogP) is 3.29. The number of hydrogen-bond donors (Lipinski definition) is 1. The molecule has 1 aliphatic rings. The lowest BCUT2D eigenvalue weighted by atomic mass is 10.0. The fourth-order valence-corrected chi connectivity index (χ4v) is 2.81. The van der Waals surface area contributed by atoms with Crippen LogP contribution in [0, 0.1) is 12.3 Å².